The molecule has 0 aromatic heterocycles. The second-order valence-electron chi connectivity index (χ2n) is 4.35. The van der Waals surface area contributed by atoms with E-state index < -0.39 is 41.9 Å². The lowest BCUT2D eigenvalue weighted by atomic mass is 10.1. The van der Waals surface area contributed by atoms with E-state index in [0.29, 0.717) is 0 Å². The number of hydrogen-bond donors (Lipinski definition) is 5. The fraction of sp³-hybridized carbons (Fsp3) is 0.636. The van der Waals surface area contributed by atoms with E-state index in [9.17, 15) is 19.2 Å². The van der Waals surface area contributed by atoms with Crippen LogP contribution in [0.1, 0.15) is 26.7 Å². The minimum absolute atomic E-state index is 0.161. The average Bonchev–Trinajstić information content (AvgIpc) is 2.33. The molecule has 0 aromatic carbocycles. The Morgan fingerprint density at radius 1 is 1.05 bits per heavy atom. The van der Waals surface area contributed by atoms with Gasteiger partial charge in [0.2, 0.25) is 11.8 Å². The van der Waals surface area contributed by atoms with Crippen LogP contribution in [-0.4, -0.2) is 52.1 Å². The SMILES string of the molecule is CC(N)C(=O)NC(CCC(=O)O)C(=O)NC(C)C(=O)O. The average molecular weight is 289 g/mol. The summed E-state index contributed by atoms with van der Waals surface area (Å²) in [4.78, 5) is 44.4. The number of rotatable bonds is 8. The predicted molar refractivity (Wildman–Crippen MR) is 67.7 cm³/mol. The molecule has 20 heavy (non-hydrogen) atoms. The smallest absolute Gasteiger partial charge is 0.325 e. The number of carboxylic acid groups (broad SMARTS) is 2. The lowest BCUT2D eigenvalue weighted by Crippen LogP contribution is -2.53. The second kappa shape index (κ2) is 8.10. The molecule has 3 unspecified atom stereocenters. The highest BCUT2D eigenvalue weighted by atomic mass is 16.4. The van der Waals surface area contributed by atoms with Gasteiger partial charge in [0.1, 0.15) is 12.1 Å². The standard InChI is InChI=1S/C11H19N3O6/c1-5(12)9(17)14-7(3-4-8(15)16)10(18)13-6(2)11(19)20/h5-7H,3-4,12H2,1-2H3,(H,13,18)(H,14,17)(H,15,16)(H,19,20). The van der Waals surface area contributed by atoms with Gasteiger partial charge in [0.15, 0.2) is 0 Å². The van der Waals surface area contributed by atoms with Crippen LogP contribution in [0.2, 0.25) is 0 Å². The van der Waals surface area contributed by atoms with Gasteiger partial charge >= 0.3 is 11.9 Å². The summed E-state index contributed by atoms with van der Waals surface area (Å²) in [6.45, 7) is 2.66. The van der Waals surface area contributed by atoms with Crippen molar-refractivity contribution in [2.45, 2.75) is 44.8 Å². The van der Waals surface area contributed by atoms with Crippen LogP contribution in [0.15, 0.2) is 0 Å². The van der Waals surface area contributed by atoms with Gasteiger partial charge in [-0.05, 0) is 20.3 Å². The molecule has 0 heterocycles. The maximum atomic E-state index is 11.8. The van der Waals surface area contributed by atoms with Crippen LogP contribution < -0.4 is 16.4 Å². The first kappa shape index (κ1) is 17.8. The molecule has 6 N–H and O–H groups in total. The predicted octanol–water partition coefficient (Wildman–Crippen LogP) is -1.73. The van der Waals surface area contributed by atoms with Crippen molar-refractivity contribution in [3.05, 3.63) is 0 Å². The van der Waals surface area contributed by atoms with Crippen molar-refractivity contribution in [2.24, 2.45) is 5.73 Å². The minimum atomic E-state index is -1.24. The quantitative estimate of drug-likeness (QED) is 0.355. The molecule has 0 aliphatic carbocycles. The molecular weight excluding hydrogens is 270 g/mol. The van der Waals surface area contributed by atoms with E-state index in [0.717, 1.165) is 0 Å². The van der Waals surface area contributed by atoms with Gasteiger partial charge in [-0.15, -0.1) is 0 Å². The van der Waals surface area contributed by atoms with Crippen LogP contribution in [-0.2, 0) is 19.2 Å². The van der Waals surface area contributed by atoms with Crippen LogP contribution in [0, 0.1) is 0 Å². The number of nitrogens with two attached hydrogens (primary N) is 1. The molecule has 3 atom stereocenters. The van der Waals surface area contributed by atoms with Crippen LogP contribution in [0.25, 0.3) is 0 Å². The summed E-state index contributed by atoms with van der Waals surface area (Å²) in [5.41, 5.74) is 5.34. The molecule has 114 valence electrons. The third-order valence-corrected chi connectivity index (χ3v) is 2.42. The summed E-state index contributed by atoms with van der Waals surface area (Å²) in [6.07, 6.45) is -0.509. The number of carbonyl (C=O) groups excluding carboxylic acids is 2. The Bertz CT molecular complexity index is 396. The van der Waals surface area contributed by atoms with E-state index in [1.54, 1.807) is 0 Å². The first-order valence-electron chi connectivity index (χ1n) is 5.96. The molecule has 9 heteroatoms. The van der Waals surface area contributed by atoms with Crippen LogP contribution in [0.5, 0.6) is 0 Å². The molecule has 2 amide bonds. The molecule has 0 aliphatic rings. The van der Waals surface area contributed by atoms with Gasteiger partial charge in [0, 0.05) is 6.42 Å². The van der Waals surface area contributed by atoms with E-state index in [4.69, 9.17) is 15.9 Å². The van der Waals surface area contributed by atoms with Crippen molar-refractivity contribution in [1.29, 1.82) is 0 Å². The third-order valence-electron chi connectivity index (χ3n) is 2.42. The van der Waals surface area contributed by atoms with Gasteiger partial charge in [-0.25, -0.2) is 0 Å². The van der Waals surface area contributed by atoms with Crippen molar-refractivity contribution in [2.75, 3.05) is 0 Å². The fourth-order valence-electron chi connectivity index (χ4n) is 1.22. The van der Waals surface area contributed by atoms with Crippen molar-refractivity contribution in [1.82, 2.24) is 10.6 Å². The molecule has 0 spiro atoms. The lowest BCUT2D eigenvalue weighted by molar-refractivity contribution is -0.142. The summed E-state index contributed by atoms with van der Waals surface area (Å²) < 4.78 is 0. The van der Waals surface area contributed by atoms with Crippen molar-refractivity contribution in [3.8, 4) is 0 Å². The van der Waals surface area contributed by atoms with Gasteiger partial charge in [-0.2, -0.15) is 0 Å². The molecule has 0 aliphatic heterocycles. The van der Waals surface area contributed by atoms with E-state index in [1.165, 1.54) is 13.8 Å². The van der Waals surface area contributed by atoms with Crippen molar-refractivity contribution < 1.29 is 29.4 Å². The molecule has 0 rings (SSSR count). The monoisotopic (exact) mass is 289 g/mol. The molecule has 0 saturated carbocycles. The largest absolute Gasteiger partial charge is 0.481 e. The van der Waals surface area contributed by atoms with E-state index in [1.807, 2.05) is 0 Å². The zero-order valence-corrected chi connectivity index (χ0v) is 11.3. The van der Waals surface area contributed by atoms with Gasteiger partial charge in [-0.1, -0.05) is 0 Å². The van der Waals surface area contributed by atoms with E-state index in [-0.39, 0.29) is 12.8 Å². The maximum absolute atomic E-state index is 11.8. The Morgan fingerprint density at radius 2 is 1.60 bits per heavy atom. The zero-order chi connectivity index (χ0) is 15.9. The number of amides is 2. The highest BCUT2D eigenvalue weighted by molar-refractivity contribution is 5.91. The third kappa shape index (κ3) is 6.69. The van der Waals surface area contributed by atoms with Gasteiger partial charge in [0.25, 0.3) is 0 Å². The molecular formula is C11H19N3O6. The van der Waals surface area contributed by atoms with Crippen molar-refractivity contribution >= 4 is 23.8 Å². The Labute approximate surface area is 115 Å². The number of nitrogens with one attached hydrogen (secondary N) is 2. The highest BCUT2D eigenvalue weighted by Gasteiger charge is 2.25. The molecule has 0 radical (unpaired) electrons. The van der Waals surface area contributed by atoms with Gasteiger partial charge in [-0.3, -0.25) is 19.2 Å². The minimum Gasteiger partial charge on any atom is -0.481 e. The Morgan fingerprint density at radius 3 is 2.00 bits per heavy atom. The van der Waals surface area contributed by atoms with E-state index in [2.05, 4.69) is 10.6 Å². The number of aliphatic carboxylic acids is 2. The highest BCUT2D eigenvalue weighted by Crippen LogP contribution is 2.00. The fourth-order valence-corrected chi connectivity index (χ4v) is 1.22. The number of carbonyl (C=O) groups is 4. The number of carboxylic acids is 2. The molecule has 0 saturated heterocycles. The summed E-state index contributed by atoms with van der Waals surface area (Å²) >= 11 is 0. The number of hydrogen-bond acceptors (Lipinski definition) is 5. The molecule has 0 bridgehead atoms. The lowest BCUT2D eigenvalue weighted by Gasteiger charge is -2.20. The summed E-state index contributed by atoms with van der Waals surface area (Å²) in [7, 11) is 0. The summed E-state index contributed by atoms with van der Waals surface area (Å²) in [5.74, 6) is -3.77. The van der Waals surface area contributed by atoms with Crippen LogP contribution in [0.4, 0.5) is 0 Å². The van der Waals surface area contributed by atoms with Gasteiger partial charge < -0.3 is 26.6 Å². The van der Waals surface area contributed by atoms with E-state index >= 15 is 0 Å². The zero-order valence-electron chi connectivity index (χ0n) is 11.3. The maximum Gasteiger partial charge on any atom is 0.325 e. The van der Waals surface area contributed by atoms with Crippen LogP contribution in [0.3, 0.4) is 0 Å². The first-order chi connectivity index (χ1) is 9.15. The topological polar surface area (TPSA) is 159 Å². The van der Waals surface area contributed by atoms with Crippen LogP contribution >= 0.6 is 0 Å². The summed E-state index contributed by atoms with van der Waals surface area (Å²) in [6, 6.07) is -3.17. The second-order valence-corrected chi connectivity index (χ2v) is 4.35. The molecule has 0 fully saturated rings. The van der Waals surface area contributed by atoms with Crippen molar-refractivity contribution in [3.63, 3.8) is 0 Å². The Kier molecular flexibility index (Phi) is 7.22. The first-order valence-corrected chi connectivity index (χ1v) is 5.96. The Balaban J connectivity index is 4.73. The van der Waals surface area contributed by atoms with Gasteiger partial charge in [0.05, 0.1) is 6.04 Å². The molecule has 0 aromatic rings. The Hall–Kier alpha value is -2.16. The molecule has 9 nitrogen and oxygen atoms in total. The normalized spacial score (nSPS) is 14.8. The summed E-state index contributed by atoms with van der Waals surface area (Å²) in [5, 5.41) is 21.7.